The number of carbonyl (C=O) groups is 1. The van der Waals surface area contributed by atoms with E-state index in [-0.39, 0.29) is 5.91 Å². The number of nitrogens with one attached hydrogen (secondary N) is 2. The van der Waals surface area contributed by atoms with Crippen LogP contribution in [0.4, 0.5) is 0 Å². The number of rotatable bonds is 6. The second-order valence-corrected chi connectivity index (χ2v) is 6.78. The van der Waals surface area contributed by atoms with E-state index >= 15 is 0 Å². The van der Waals surface area contributed by atoms with E-state index in [0.717, 1.165) is 26.2 Å². The van der Waals surface area contributed by atoms with Crippen molar-refractivity contribution in [2.45, 2.75) is 39.3 Å². The third-order valence-corrected chi connectivity index (χ3v) is 4.37. The quantitative estimate of drug-likeness (QED) is 0.740. The summed E-state index contributed by atoms with van der Waals surface area (Å²) in [5.41, 5.74) is -0.435. The lowest BCUT2D eigenvalue weighted by molar-refractivity contribution is -0.132. The second kappa shape index (κ2) is 7.38. The maximum atomic E-state index is 12.5. The van der Waals surface area contributed by atoms with Gasteiger partial charge < -0.3 is 15.5 Å². The van der Waals surface area contributed by atoms with Crippen LogP contribution in [-0.4, -0.2) is 74.1 Å². The second-order valence-electron chi connectivity index (χ2n) is 6.78. The molecule has 0 aromatic carbocycles. The van der Waals surface area contributed by atoms with Gasteiger partial charge in [0.1, 0.15) is 0 Å². The van der Waals surface area contributed by atoms with E-state index in [1.165, 1.54) is 0 Å². The van der Waals surface area contributed by atoms with Crippen LogP contribution in [0.25, 0.3) is 0 Å². The van der Waals surface area contributed by atoms with Gasteiger partial charge >= 0.3 is 0 Å². The predicted molar refractivity (Wildman–Crippen MR) is 83.8 cm³/mol. The molecule has 5 heteroatoms. The average Bonchev–Trinajstić information content (AvgIpc) is 2.38. The number of piperazine rings is 1. The molecule has 1 amide bonds. The molecule has 1 unspecified atom stereocenters. The van der Waals surface area contributed by atoms with Crippen LogP contribution in [0.5, 0.6) is 0 Å². The van der Waals surface area contributed by atoms with Crippen LogP contribution in [0.1, 0.15) is 27.7 Å². The Bertz CT molecular complexity index is 301. The fourth-order valence-corrected chi connectivity index (χ4v) is 2.80. The molecule has 0 aliphatic carbocycles. The Morgan fingerprint density at radius 2 is 1.85 bits per heavy atom. The minimum absolute atomic E-state index is 0.131. The summed E-state index contributed by atoms with van der Waals surface area (Å²) in [5.74, 6) is 0.652. The zero-order valence-corrected chi connectivity index (χ0v) is 14.0. The minimum atomic E-state index is -0.435. The molecule has 0 radical (unpaired) electrons. The van der Waals surface area contributed by atoms with Gasteiger partial charge in [-0.2, -0.15) is 0 Å². The molecule has 0 aromatic rings. The molecule has 0 aromatic heterocycles. The Morgan fingerprint density at radius 1 is 1.30 bits per heavy atom. The summed E-state index contributed by atoms with van der Waals surface area (Å²) < 4.78 is 0. The van der Waals surface area contributed by atoms with Gasteiger partial charge in [0.2, 0.25) is 5.91 Å². The first-order valence-corrected chi connectivity index (χ1v) is 7.67. The van der Waals surface area contributed by atoms with Crippen molar-refractivity contribution in [1.29, 1.82) is 0 Å². The highest BCUT2D eigenvalue weighted by molar-refractivity contribution is 5.85. The molecule has 0 spiro atoms. The van der Waals surface area contributed by atoms with Gasteiger partial charge in [-0.15, -0.1) is 0 Å². The molecular weight excluding hydrogens is 252 g/mol. The van der Waals surface area contributed by atoms with E-state index in [0.29, 0.717) is 18.5 Å². The van der Waals surface area contributed by atoms with Crippen molar-refractivity contribution >= 4 is 5.91 Å². The molecule has 5 nitrogen and oxygen atoms in total. The maximum Gasteiger partial charge on any atom is 0.240 e. The first-order chi connectivity index (χ1) is 9.26. The standard InChI is InChI=1S/C15H32N4O/c1-12(2)13(18(5)6)11-17-14(20)15(3,4)19-9-7-16-8-10-19/h12-13,16H,7-11H2,1-6H3,(H,17,20). The van der Waals surface area contributed by atoms with Crippen LogP contribution < -0.4 is 10.6 Å². The third-order valence-electron chi connectivity index (χ3n) is 4.37. The Kier molecular flexibility index (Phi) is 6.43. The lowest BCUT2D eigenvalue weighted by atomic mass is 9.99. The molecule has 118 valence electrons. The fourth-order valence-electron chi connectivity index (χ4n) is 2.80. The molecule has 2 N–H and O–H groups in total. The first kappa shape index (κ1) is 17.4. The number of carbonyl (C=O) groups excluding carboxylic acids is 1. The van der Waals surface area contributed by atoms with Crippen molar-refractivity contribution in [3.8, 4) is 0 Å². The van der Waals surface area contributed by atoms with Crippen molar-refractivity contribution in [3.63, 3.8) is 0 Å². The molecule has 1 aliphatic heterocycles. The summed E-state index contributed by atoms with van der Waals surface area (Å²) in [4.78, 5) is 17.0. The summed E-state index contributed by atoms with van der Waals surface area (Å²) in [5, 5.41) is 6.47. The largest absolute Gasteiger partial charge is 0.353 e. The third kappa shape index (κ3) is 4.43. The topological polar surface area (TPSA) is 47.6 Å². The zero-order chi connectivity index (χ0) is 15.3. The van der Waals surface area contributed by atoms with Crippen molar-refractivity contribution in [1.82, 2.24) is 20.4 Å². The summed E-state index contributed by atoms with van der Waals surface area (Å²) in [6.45, 7) is 12.9. The van der Waals surface area contributed by atoms with Crippen molar-refractivity contribution < 1.29 is 4.79 Å². The lowest BCUT2D eigenvalue weighted by Crippen LogP contribution is -2.61. The van der Waals surface area contributed by atoms with Gasteiger partial charge in [0.15, 0.2) is 0 Å². The molecule has 1 fully saturated rings. The fraction of sp³-hybridized carbons (Fsp3) is 0.933. The Hall–Kier alpha value is -0.650. The number of nitrogens with zero attached hydrogens (tertiary/aromatic N) is 2. The Morgan fingerprint density at radius 3 is 2.30 bits per heavy atom. The van der Waals surface area contributed by atoms with Gasteiger partial charge in [-0.05, 0) is 33.9 Å². The summed E-state index contributed by atoms with van der Waals surface area (Å²) >= 11 is 0. The van der Waals surface area contributed by atoms with Crippen LogP contribution in [0.2, 0.25) is 0 Å². The van der Waals surface area contributed by atoms with Gasteiger partial charge in [0, 0.05) is 38.8 Å². The number of likely N-dealkylation sites (N-methyl/N-ethyl adjacent to an activating group) is 1. The van der Waals surface area contributed by atoms with Crippen LogP contribution in [0.15, 0.2) is 0 Å². The van der Waals surface area contributed by atoms with E-state index in [9.17, 15) is 4.79 Å². The van der Waals surface area contributed by atoms with Gasteiger partial charge in [0.05, 0.1) is 5.54 Å². The first-order valence-electron chi connectivity index (χ1n) is 7.67. The van der Waals surface area contributed by atoms with Crippen molar-refractivity contribution in [3.05, 3.63) is 0 Å². The number of amides is 1. The molecule has 1 rings (SSSR count). The van der Waals surface area contributed by atoms with E-state index in [4.69, 9.17) is 0 Å². The van der Waals surface area contributed by atoms with Gasteiger partial charge in [-0.3, -0.25) is 9.69 Å². The average molecular weight is 284 g/mol. The minimum Gasteiger partial charge on any atom is -0.353 e. The smallest absolute Gasteiger partial charge is 0.240 e. The highest BCUT2D eigenvalue weighted by Crippen LogP contribution is 2.15. The van der Waals surface area contributed by atoms with E-state index in [1.807, 2.05) is 13.8 Å². The highest BCUT2D eigenvalue weighted by atomic mass is 16.2. The molecule has 0 saturated carbocycles. The normalized spacial score (nSPS) is 19.4. The van der Waals surface area contributed by atoms with E-state index in [1.54, 1.807) is 0 Å². The van der Waals surface area contributed by atoms with Crippen LogP contribution in [-0.2, 0) is 4.79 Å². The van der Waals surface area contributed by atoms with Gasteiger partial charge in [0.25, 0.3) is 0 Å². The van der Waals surface area contributed by atoms with Gasteiger partial charge in [-0.25, -0.2) is 0 Å². The number of hydrogen-bond acceptors (Lipinski definition) is 4. The van der Waals surface area contributed by atoms with Crippen LogP contribution >= 0.6 is 0 Å². The van der Waals surface area contributed by atoms with Crippen molar-refractivity contribution in [2.75, 3.05) is 46.8 Å². The molecule has 1 atom stereocenters. The van der Waals surface area contributed by atoms with Crippen LogP contribution in [0, 0.1) is 5.92 Å². The monoisotopic (exact) mass is 284 g/mol. The summed E-state index contributed by atoms with van der Waals surface area (Å²) in [7, 11) is 4.14. The molecule has 20 heavy (non-hydrogen) atoms. The SMILES string of the molecule is CC(C)C(CNC(=O)C(C)(C)N1CCNCC1)N(C)C. The highest BCUT2D eigenvalue weighted by Gasteiger charge is 2.35. The molecular formula is C15H32N4O. The maximum absolute atomic E-state index is 12.5. The van der Waals surface area contributed by atoms with Crippen LogP contribution in [0.3, 0.4) is 0 Å². The Balaban J connectivity index is 2.55. The molecule has 1 saturated heterocycles. The summed E-state index contributed by atoms with van der Waals surface area (Å²) in [6.07, 6.45) is 0. The van der Waals surface area contributed by atoms with Crippen molar-refractivity contribution in [2.24, 2.45) is 5.92 Å². The Labute approximate surface area is 124 Å². The molecule has 1 aliphatic rings. The molecule has 0 bridgehead atoms. The zero-order valence-electron chi connectivity index (χ0n) is 14.0. The van der Waals surface area contributed by atoms with E-state index < -0.39 is 5.54 Å². The lowest BCUT2D eigenvalue weighted by Gasteiger charge is -2.40. The van der Waals surface area contributed by atoms with Gasteiger partial charge in [-0.1, -0.05) is 13.8 Å². The number of hydrogen-bond donors (Lipinski definition) is 2. The van der Waals surface area contributed by atoms with E-state index in [2.05, 4.69) is 48.4 Å². The molecule has 1 heterocycles. The summed E-state index contributed by atoms with van der Waals surface area (Å²) in [6, 6.07) is 0.373. The predicted octanol–water partition coefficient (Wildman–Crippen LogP) is 0.373.